The van der Waals surface area contributed by atoms with Crippen LogP contribution in [-0.2, 0) is 32.0 Å². The largest absolute Gasteiger partial charge is 0.448 e. The number of carbonyl (C=O) groups is 4. The Morgan fingerprint density at radius 2 is 1.64 bits per heavy atom. The number of nitrogens with zero attached hydrogens (tertiary/aromatic N) is 3. The first kappa shape index (κ1) is 49.2. The summed E-state index contributed by atoms with van der Waals surface area (Å²) in [5.74, 6) is 5.95. The predicted octanol–water partition coefficient (Wildman–Crippen LogP) is 7.42. The number of aryl methyl sites for hydroxylation is 2. The quantitative estimate of drug-likeness (QED) is 0.0686. The number of halogens is 1. The van der Waals surface area contributed by atoms with E-state index in [0.717, 1.165) is 66.7 Å². The lowest BCUT2D eigenvalue weighted by Gasteiger charge is -2.39. The third-order valence-electron chi connectivity index (χ3n) is 15.1. The molecule has 1 unspecified atom stereocenters. The average Bonchev–Trinajstić information content (AvgIpc) is 3.99. The van der Waals surface area contributed by atoms with E-state index in [2.05, 4.69) is 69.7 Å². The number of nitrogen functional groups attached to an aromatic ring is 1. The van der Waals surface area contributed by atoms with E-state index in [-0.39, 0.29) is 66.5 Å². The lowest BCUT2D eigenvalue weighted by Crippen LogP contribution is -2.52. The van der Waals surface area contributed by atoms with Crippen LogP contribution in [0.4, 0.5) is 11.4 Å². The van der Waals surface area contributed by atoms with Crippen LogP contribution in [-0.4, -0.2) is 97.8 Å². The van der Waals surface area contributed by atoms with Crippen molar-refractivity contribution in [3.05, 3.63) is 111 Å². The number of fused-ring (bicyclic) bond motifs is 5. The number of ether oxygens (including phenoxy) is 3. The first-order valence-corrected chi connectivity index (χ1v) is 26.5. The Morgan fingerprint density at radius 1 is 0.903 bits per heavy atom. The smallest absolute Gasteiger partial charge is 0.296 e. The van der Waals surface area contributed by atoms with E-state index < -0.39 is 11.7 Å². The summed E-state index contributed by atoms with van der Waals surface area (Å²) in [6, 6.07) is 23.5. The zero-order valence-electron chi connectivity index (χ0n) is 41.1. The van der Waals surface area contributed by atoms with Gasteiger partial charge < -0.3 is 45.7 Å². The average molecular weight is 1010 g/mol. The van der Waals surface area contributed by atoms with Gasteiger partial charge in [0.05, 0.1) is 24.8 Å². The molecule has 14 nitrogen and oxygen atoms in total. The molecule has 5 aliphatic rings. The zero-order valence-corrected chi connectivity index (χ0v) is 42.6. The normalized spacial score (nSPS) is 21.0. The summed E-state index contributed by atoms with van der Waals surface area (Å²) in [4.78, 5) is 63.3. The molecule has 2 saturated heterocycles. The highest BCUT2D eigenvalue weighted by molar-refractivity contribution is 7.21. The van der Waals surface area contributed by atoms with Gasteiger partial charge in [0.2, 0.25) is 11.8 Å². The topological polar surface area (TPSA) is 177 Å². The van der Waals surface area contributed by atoms with E-state index in [4.69, 9.17) is 31.5 Å². The second kappa shape index (κ2) is 21.0. The summed E-state index contributed by atoms with van der Waals surface area (Å²) in [6.07, 6.45) is 5.63. The van der Waals surface area contributed by atoms with Gasteiger partial charge in [0.1, 0.15) is 9.71 Å². The molecule has 5 aromatic rings. The van der Waals surface area contributed by atoms with Crippen LogP contribution in [0.15, 0.2) is 72.8 Å². The fraction of sp³-hybridized carbons (Fsp3) is 0.446. The lowest BCUT2D eigenvalue weighted by molar-refractivity contribution is -0.148. The Balaban J connectivity index is 0.615. The van der Waals surface area contributed by atoms with Crippen LogP contribution in [0.3, 0.4) is 0 Å². The van der Waals surface area contributed by atoms with Gasteiger partial charge in [-0.15, -0.1) is 11.3 Å². The highest BCUT2D eigenvalue weighted by Crippen LogP contribution is 2.46. The number of carbonyl (C=O) groups excluding carboxylic acids is 4. The van der Waals surface area contributed by atoms with Crippen LogP contribution in [0, 0.1) is 42.4 Å². The monoisotopic (exact) mass is 1010 g/mol. The maximum absolute atomic E-state index is 13.7. The molecule has 5 N–H and O–H groups in total. The van der Waals surface area contributed by atoms with Crippen LogP contribution < -0.4 is 36.1 Å². The summed E-state index contributed by atoms with van der Waals surface area (Å²) < 4.78 is 18.4. The van der Waals surface area contributed by atoms with Crippen LogP contribution in [0.1, 0.15) is 89.5 Å². The van der Waals surface area contributed by atoms with Crippen LogP contribution in [0.2, 0.25) is 5.02 Å². The van der Waals surface area contributed by atoms with Gasteiger partial charge in [-0.05, 0) is 128 Å². The first-order chi connectivity index (χ1) is 34.8. The molecule has 2 aliphatic carbocycles. The predicted molar refractivity (Wildman–Crippen MR) is 279 cm³/mol. The van der Waals surface area contributed by atoms with Gasteiger partial charge in [0.25, 0.3) is 17.6 Å². The van der Waals surface area contributed by atoms with Gasteiger partial charge >= 0.3 is 0 Å². The maximum atomic E-state index is 13.7. The highest BCUT2D eigenvalue weighted by Gasteiger charge is 2.47. The van der Waals surface area contributed by atoms with Crippen molar-refractivity contribution < 1.29 is 33.4 Å². The van der Waals surface area contributed by atoms with Crippen LogP contribution in [0.25, 0.3) is 10.2 Å². The van der Waals surface area contributed by atoms with Gasteiger partial charge in [0, 0.05) is 97.3 Å². The number of nitrogens with one attached hydrogen (secondary N) is 3. The van der Waals surface area contributed by atoms with Crippen molar-refractivity contribution in [3.8, 4) is 23.3 Å². The van der Waals surface area contributed by atoms with Gasteiger partial charge in [-0.1, -0.05) is 49.6 Å². The van der Waals surface area contributed by atoms with Crippen molar-refractivity contribution in [2.75, 3.05) is 63.1 Å². The Kier molecular flexibility index (Phi) is 14.4. The van der Waals surface area contributed by atoms with E-state index in [9.17, 15) is 19.2 Å². The number of hydrogen-bond donors (Lipinski definition) is 4. The molecule has 3 aliphatic heterocycles. The number of rotatable bonds is 13. The number of amides is 4. The molecule has 5 atom stereocenters. The molecule has 1 spiro atoms. The second-order valence-corrected chi connectivity index (χ2v) is 21.8. The van der Waals surface area contributed by atoms with Crippen molar-refractivity contribution in [3.63, 3.8) is 0 Å². The van der Waals surface area contributed by atoms with Crippen molar-refractivity contribution in [1.29, 1.82) is 0 Å². The van der Waals surface area contributed by atoms with Gasteiger partial charge in [-0.3, -0.25) is 19.2 Å². The minimum absolute atomic E-state index is 0.0124. The standard InChI is InChI=1S/C56H62ClN7O7S/c1-33(2)48(36-9-13-41(57)14-10-36)55(68)63-24-20-56(21-25-63)70-45-18-5-35(28-46(45)71-56)6-19-47(65)59-22-26-69-27-23-60-52(66)49-39-7-8-40(49)32-64(31-39)43-16-12-37-29-42(15-11-38(37)30-43)62-53(67)51-50(58)44-17-4-34(3)61-54(44)72-51/h4-5,9-10,12-14,16-18,28,30,33,39-40,42,48-49H,7-8,11,15,20-27,29,31-32,58H2,1-3H3,(H,59,65)(H,60,66)(H,62,67)/t39-,40+,42-,48-,49?/m0/s1. The van der Waals surface area contributed by atoms with E-state index in [1.165, 1.54) is 28.2 Å². The number of hydrogen-bond acceptors (Lipinski definition) is 11. The number of aromatic nitrogens is 1. The summed E-state index contributed by atoms with van der Waals surface area (Å²) in [5.41, 5.74) is 13.1. The number of anilines is 2. The van der Waals surface area contributed by atoms with Crippen molar-refractivity contribution in [1.82, 2.24) is 25.8 Å². The lowest BCUT2D eigenvalue weighted by atomic mass is 9.83. The summed E-state index contributed by atoms with van der Waals surface area (Å²) >= 11 is 7.46. The van der Waals surface area contributed by atoms with Gasteiger partial charge in [-0.2, -0.15) is 0 Å². The number of likely N-dealkylation sites (tertiary alicyclic amines) is 1. The summed E-state index contributed by atoms with van der Waals surface area (Å²) in [6.45, 7) is 10.1. The van der Waals surface area contributed by atoms with Gasteiger partial charge in [-0.25, -0.2) is 4.98 Å². The second-order valence-electron chi connectivity index (χ2n) is 20.3. The Hall–Kier alpha value is -6.34. The maximum Gasteiger partial charge on any atom is 0.296 e. The minimum Gasteiger partial charge on any atom is -0.448 e. The van der Waals surface area contributed by atoms with Crippen molar-refractivity contribution in [2.24, 2.45) is 23.7 Å². The van der Waals surface area contributed by atoms with Crippen molar-refractivity contribution >= 4 is 68.2 Å². The van der Waals surface area contributed by atoms with Crippen molar-refractivity contribution in [2.45, 2.75) is 83.5 Å². The molecular formula is C56H62ClN7O7S. The van der Waals surface area contributed by atoms with E-state index in [0.29, 0.717) is 71.7 Å². The van der Waals surface area contributed by atoms with E-state index in [1.807, 2.05) is 48.2 Å². The highest BCUT2D eigenvalue weighted by atomic mass is 35.5. The molecule has 4 amide bonds. The summed E-state index contributed by atoms with van der Waals surface area (Å²) in [5, 5.41) is 10.6. The van der Waals surface area contributed by atoms with Crippen LogP contribution >= 0.6 is 22.9 Å². The molecule has 2 aromatic heterocycles. The molecule has 0 radical (unpaired) electrons. The fourth-order valence-electron chi connectivity index (χ4n) is 11.4. The number of pyridine rings is 1. The number of benzene rings is 3. The molecule has 376 valence electrons. The molecule has 10 rings (SSSR count). The zero-order chi connectivity index (χ0) is 50.1. The third kappa shape index (κ3) is 10.6. The Morgan fingerprint density at radius 3 is 2.39 bits per heavy atom. The molecular weight excluding hydrogens is 950 g/mol. The number of thiophene rings is 1. The fourth-order valence-corrected chi connectivity index (χ4v) is 12.6. The molecule has 16 heteroatoms. The Labute approximate surface area is 429 Å². The summed E-state index contributed by atoms with van der Waals surface area (Å²) in [7, 11) is 0. The molecule has 3 aromatic carbocycles. The molecule has 72 heavy (non-hydrogen) atoms. The molecule has 1 saturated carbocycles. The number of piperidine rings is 2. The van der Waals surface area contributed by atoms with Crippen LogP contribution in [0.5, 0.6) is 11.5 Å². The molecule has 3 fully saturated rings. The number of nitrogens with two attached hydrogens (primary N) is 1. The van der Waals surface area contributed by atoms with Gasteiger partial charge in [0.15, 0.2) is 11.5 Å². The molecule has 5 heterocycles. The first-order valence-electron chi connectivity index (χ1n) is 25.3. The SMILES string of the molecule is Cc1ccc2c(N)c(C(=O)N[C@H]3CCc4cc(N5C[C@H]6CC[C@@H](C5)C6C(=O)NCCOCCNC(=O)C#Cc5ccc6c(c5)OC5(CCN(C(=O)[C@H](c7ccc(Cl)cc7)C(C)C)CC5)O6)ccc4C3)sc2n1. The third-order valence-corrected chi connectivity index (χ3v) is 16.5. The molecule has 2 bridgehead atoms. The Bertz CT molecular complexity index is 2930. The minimum atomic E-state index is -0.853. The van der Waals surface area contributed by atoms with E-state index >= 15 is 0 Å². The van der Waals surface area contributed by atoms with E-state index in [1.54, 1.807) is 18.2 Å².